The van der Waals surface area contributed by atoms with Gasteiger partial charge in [-0.15, -0.1) is 0 Å². The molecule has 1 fully saturated rings. The molecule has 0 spiro atoms. The molecule has 0 aliphatic carbocycles. The third kappa shape index (κ3) is 6.08. The molecule has 180 valence electrons. The van der Waals surface area contributed by atoms with Crippen LogP contribution in [0, 0.1) is 0 Å². The van der Waals surface area contributed by atoms with E-state index in [4.69, 9.17) is 14.2 Å². The summed E-state index contributed by atoms with van der Waals surface area (Å²) >= 11 is 0. The number of benzene rings is 2. The summed E-state index contributed by atoms with van der Waals surface area (Å²) in [6, 6.07) is 12.8. The molecule has 2 heterocycles. The molecule has 8 nitrogen and oxygen atoms in total. The van der Waals surface area contributed by atoms with Crippen molar-refractivity contribution < 1.29 is 23.8 Å². The fourth-order valence-electron chi connectivity index (χ4n) is 4.05. The zero-order chi connectivity index (χ0) is 23.9. The number of fused-ring (bicyclic) bond motifs is 1. The van der Waals surface area contributed by atoms with E-state index in [2.05, 4.69) is 16.3 Å². The zero-order valence-electron chi connectivity index (χ0n) is 19.7. The van der Waals surface area contributed by atoms with Crippen molar-refractivity contribution in [2.24, 2.45) is 0 Å². The predicted molar refractivity (Wildman–Crippen MR) is 129 cm³/mol. The minimum absolute atomic E-state index is 0.0647. The van der Waals surface area contributed by atoms with Crippen molar-refractivity contribution in [2.45, 2.75) is 19.5 Å². The monoisotopic (exact) mass is 465 g/mol. The van der Waals surface area contributed by atoms with Gasteiger partial charge >= 0.3 is 0 Å². The van der Waals surface area contributed by atoms with E-state index in [9.17, 15) is 9.59 Å². The van der Waals surface area contributed by atoms with E-state index >= 15 is 0 Å². The van der Waals surface area contributed by atoms with Crippen molar-refractivity contribution in [1.82, 2.24) is 15.1 Å². The fourth-order valence-corrected chi connectivity index (χ4v) is 4.05. The Morgan fingerprint density at radius 2 is 1.74 bits per heavy atom. The van der Waals surface area contributed by atoms with Crippen LogP contribution in [0.5, 0.6) is 17.2 Å². The van der Waals surface area contributed by atoms with E-state index in [0.29, 0.717) is 26.3 Å². The Labute approximate surface area is 200 Å². The molecule has 4 rings (SSSR count). The fraction of sp³-hybridized carbons (Fsp3) is 0.385. The molecule has 8 heteroatoms. The summed E-state index contributed by atoms with van der Waals surface area (Å²) in [5.74, 6) is 1.98. The highest BCUT2D eigenvalue weighted by molar-refractivity contribution is 5.95. The van der Waals surface area contributed by atoms with Crippen LogP contribution in [0.4, 0.5) is 0 Å². The molecular formula is C26H31N3O5. The summed E-state index contributed by atoms with van der Waals surface area (Å²) in [6.45, 7) is 6.49. The second kappa shape index (κ2) is 11.1. The number of rotatable bonds is 7. The largest absolute Gasteiger partial charge is 0.497 e. The summed E-state index contributed by atoms with van der Waals surface area (Å²) in [5, 5.41) is 2.77. The van der Waals surface area contributed by atoms with E-state index in [-0.39, 0.29) is 11.8 Å². The van der Waals surface area contributed by atoms with E-state index < -0.39 is 6.04 Å². The highest BCUT2D eigenvalue weighted by Gasteiger charge is 2.25. The van der Waals surface area contributed by atoms with Crippen LogP contribution in [-0.2, 0) is 16.1 Å². The molecule has 34 heavy (non-hydrogen) atoms. The molecule has 1 unspecified atom stereocenters. The van der Waals surface area contributed by atoms with Gasteiger partial charge in [-0.25, -0.2) is 0 Å². The second-order valence-electron chi connectivity index (χ2n) is 8.42. The van der Waals surface area contributed by atoms with Gasteiger partial charge in [-0.1, -0.05) is 18.2 Å². The first kappa shape index (κ1) is 23.6. The highest BCUT2D eigenvalue weighted by Crippen LogP contribution is 2.31. The van der Waals surface area contributed by atoms with Crippen molar-refractivity contribution in [2.75, 3.05) is 46.5 Å². The summed E-state index contributed by atoms with van der Waals surface area (Å²) in [5.41, 5.74) is 2.04. The molecule has 1 saturated heterocycles. The number of methoxy groups -OCH3 is 1. The normalized spacial score (nSPS) is 16.8. The minimum atomic E-state index is -0.586. The van der Waals surface area contributed by atoms with E-state index in [0.717, 1.165) is 48.0 Å². The van der Waals surface area contributed by atoms with Gasteiger partial charge in [0.25, 0.3) is 0 Å². The van der Waals surface area contributed by atoms with Crippen molar-refractivity contribution in [3.63, 3.8) is 0 Å². The molecule has 2 aliphatic rings. The third-order valence-electron chi connectivity index (χ3n) is 5.97. The van der Waals surface area contributed by atoms with Gasteiger partial charge in [0.1, 0.15) is 25.0 Å². The molecule has 2 aromatic rings. The van der Waals surface area contributed by atoms with Gasteiger partial charge in [0, 0.05) is 38.8 Å². The number of nitrogens with one attached hydrogen (secondary N) is 1. The van der Waals surface area contributed by atoms with Gasteiger partial charge in [-0.3, -0.25) is 14.5 Å². The maximum Gasteiger partial charge on any atom is 0.244 e. The van der Waals surface area contributed by atoms with Crippen LogP contribution in [0.2, 0.25) is 0 Å². The Bertz CT molecular complexity index is 1030. The lowest BCUT2D eigenvalue weighted by Gasteiger charge is -2.36. The van der Waals surface area contributed by atoms with E-state index in [1.807, 2.05) is 41.3 Å². The standard InChI is InChI=1S/C26H31N3O5/c1-19(27-25(30)10-6-20-3-7-22(32-2)8-4-20)26(31)29-13-11-28(12-14-29)18-21-5-9-23-24(17-21)34-16-15-33-23/h3-10,17,19H,11-16,18H2,1-2H3,(H,27,30)/b10-6+. The van der Waals surface area contributed by atoms with Crippen LogP contribution in [0.1, 0.15) is 18.1 Å². The maximum absolute atomic E-state index is 12.8. The summed E-state index contributed by atoms with van der Waals surface area (Å²) in [4.78, 5) is 29.2. The van der Waals surface area contributed by atoms with Gasteiger partial charge < -0.3 is 24.4 Å². The van der Waals surface area contributed by atoms with Crippen LogP contribution in [0.25, 0.3) is 6.08 Å². The Hall–Kier alpha value is -3.52. The smallest absolute Gasteiger partial charge is 0.244 e. The number of amides is 2. The summed E-state index contributed by atoms with van der Waals surface area (Å²) in [6.07, 6.45) is 3.15. The SMILES string of the molecule is COc1ccc(/C=C/C(=O)NC(C)C(=O)N2CCN(Cc3ccc4c(c3)OCCO4)CC2)cc1. The Morgan fingerprint density at radius 3 is 2.44 bits per heavy atom. The average molecular weight is 466 g/mol. The molecule has 2 aromatic carbocycles. The van der Waals surface area contributed by atoms with Gasteiger partial charge in [-0.2, -0.15) is 0 Å². The van der Waals surface area contributed by atoms with Crippen molar-refractivity contribution in [3.05, 3.63) is 59.7 Å². The molecule has 1 atom stereocenters. The number of ether oxygens (including phenoxy) is 3. The highest BCUT2D eigenvalue weighted by atomic mass is 16.6. The summed E-state index contributed by atoms with van der Waals surface area (Å²) < 4.78 is 16.4. The molecule has 0 radical (unpaired) electrons. The van der Waals surface area contributed by atoms with E-state index in [1.165, 1.54) is 6.08 Å². The molecule has 1 N–H and O–H groups in total. The first-order chi connectivity index (χ1) is 16.5. The number of carbonyl (C=O) groups excluding carboxylic acids is 2. The van der Waals surface area contributed by atoms with Crippen molar-refractivity contribution in [1.29, 1.82) is 0 Å². The molecule has 0 bridgehead atoms. The van der Waals surface area contributed by atoms with Gasteiger partial charge in [0.15, 0.2) is 11.5 Å². The van der Waals surface area contributed by atoms with E-state index in [1.54, 1.807) is 20.1 Å². The number of nitrogens with zero attached hydrogens (tertiary/aromatic N) is 2. The predicted octanol–water partition coefficient (Wildman–Crippen LogP) is 2.33. The lowest BCUT2D eigenvalue weighted by Crippen LogP contribution is -2.53. The molecular weight excluding hydrogens is 434 g/mol. The topological polar surface area (TPSA) is 80.3 Å². The maximum atomic E-state index is 12.8. The van der Waals surface area contributed by atoms with Gasteiger partial charge in [-0.05, 0) is 48.4 Å². The second-order valence-corrected chi connectivity index (χ2v) is 8.42. The van der Waals surface area contributed by atoms with Crippen LogP contribution in [0.3, 0.4) is 0 Å². The first-order valence-corrected chi connectivity index (χ1v) is 11.5. The number of piperazine rings is 1. The Kier molecular flexibility index (Phi) is 7.69. The van der Waals surface area contributed by atoms with Crippen molar-refractivity contribution in [3.8, 4) is 17.2 Å². The number of carbonyl (C=O) groups is 2. The van der Waals surface area contributed by atoms with Crippen LogP contribution in [0.15, 0.2) is 48.5 Å². The van der Waals surface area contributed by atoms with Crippen molar-refractivity contribution >= 4 is 17.9 Å². The Morgan fingerprint density at radius 1 is 1.03 bits per heavy atom. The third-order valence-corrected chi connectivity index (χ3v) is 5.97. The molecule has 2 amide bonds. The average Bonchev–Trinajstić information content (AvgIpc) is 2.87. The van der Waals surface area contributed by atoms with Gasteiger partial charge in [0.05, 0.1) is 7.11 Å². The van der Waals surface area contributed by atoms with Crippen LogP contribution in [-0.4, -0.2) is 74.2 Å². The van der Waals surface area contributed by atoms with Crippen LogP contribution >= 0.6 is 0 Å². The summed E-state index contributed by atoms with van der Waals surface area (Å²) in [7, 11) is 1.61. The Balaban J connectivity index is 1.22. The lowest BCUT2D eigenvalue weighted by molar-refractivity contribution is -0.136. The molecule has 2 aliphatic heterocycles. The molecule has 0 aromatic heterocycles. The quantitative estimate of drug-likeness (QED) is 0.633. The number of hydrogen-bond donors (Lipinski definition) is 1. The lowest BCUT2D eigenvalue weighted by atomic mass is 10.1. The van der Waals surface area contributed by atoms with Gasteiger partial charge in [0.2, 0.25) is 11.8 Å². The van der Waals surface area contributed by atoms with Crippen LogP contribution < -0.4 is 19.5 Å². The zero-order valence-corrected chi connectivity index (χ0v) is 19.7. The minimum Gasteiger partial charge on any atom is -0.497 e. The number of hydrogen-bond acceptors (Lipinski definition) is 6. The molecule has 0 saturated carbocycles. The first-order valence-electron chi connectivity index (χ1n) is 11.5.